The van der Waals surface area contributed by atoms with Crippen molar-refractivity contribution in [3.63, 3.8) is 0 Å². The van der Waals surface area contributed by atoms with Gasteiger partial charge in [-0.3, -0.25) is 9.59 Å². The van der Waals surface area contributed by atoms with E-state index >= 15 is 0 Å². The third kappa shape index (κ3) is 4.93. The molecule has 0 spiro atoms. The minimum absolute atomic E-state index is 0.0191. The van der Waals surface area contributed by atoms with Gasteiger partial charge < -0.3 is 15.0 Å². The quantitative estimate of drug-likeness (QED) is 0.532. The van der Waals surface area contributed by atoms with Gasteiger partial charge in [0.05, 0.1) is 31.9 Å². The van der Waals surface area contributed by atoms with Crippen molar-refractivity contribution in [2.45, 2.75) is 24.9 Å². The van der Waals surface area contributed by atoms with E-state index in [0.717, 1.165) is 17.0 Å². The number of carbonyl (C=O) groups is 2. The number of hydrogen-bond acceptors (Lipinski definition) is 5. The Morgan fingerprint density at radius 3 is 2.77 bits per heavy atom. The topological polar surface area (TPSA) is 89.4 Å². The average Bonchev–Trinajstić information content (AvgIpc) is 3.27. The maximum atomic E-state index is 14.0. The average molecular weight is 429 g/mol. The fourth-order valence-corrected chi connectivity index (χ4v) is 3.16. The molecule has 1 aromatic carbocycles. The minimum Gasteiger partial charge on any atom is -0.383 e. The van der Waals surface area contributed by atoms with Crippen LogP contribution in [0.5, 0.6) is 0 Å². The van der Waals surface area contributed by atoms with E-state index in [1.165, 1.54) is 18.0 Å². The van der Waals surface area contributed by atoms with Crippen LogP contribution in [0.2, 0.25) is 0 Å². The highest BCUT2D eigenvalue weighted by Gasteiger charge is 2.47. The maximum Gasteiger partial charge on any atom is 0.273 e. The second kappa shape index (κ2) is 8.78. The first-order valence-corrected chi connectivity index (χ1v) is 9.01. The molecule has 1 saturated heterocycles. The number of benzene rings is 1. The number of methoxy groups -OCH3 is 1. The molecule has 1 N–H and O–H groups in total. The predicted molar refractivity (Wildman–Crippen MR) is 95.0 cm³/mol. The van der Waals surface area contributed by atoms with E-state index in [2.05, 4.69) is 15.6 Å². The van der Waals surface area contributed by atoms with Crippen molar-refractivity contribution in [2.75, 3.05) is 26.8 Å². The molecule has 12 heteroatoms. The lowest BCUT2D eigenvalue weighted by Crippen LogP contribution is -2.39. The summed E-state index contributed by atoms with van der Waals surface area (Å²) in [5.41, 5.74) is -0.261. The van der Waals surface area contributed by atoms with Gasteiger partial charge in [-0.1, -0.05) is 5.21 Å². The summed E-state index contributed by atoms with van der Waals surface area (Å²) in [7, 11) is 1.48. The van der Waals surface area contributed by atoms with Crippen molar-refractivity contribution in [1.82, 2.24) is 25.2 Å². The van der Waals surface area contributed by atoms with Gasteiger partial charge >= 0.3 is 0 Å². The van der Waals surface area contributed by atoms with E-state index < -0.39 is 48.4 Å². The zero-order valence-corrected chi connectivity index (χ0v) is 15.9. The van der Waals surface area contributed by atoms with Crippen LogP contribution in [0.25, 0.3) is 0 Å². The first-order valence-electron chi connectivity index (χ1n) is 9.01. The fraction of sp³-hybridized carbons (Fsp3) is 0.444. The Bertz CT molecular complexity index is 936. The van der Waals surface area contributed by atoms with E-state index in [1.807, 2.05) is 0 Å². The van der Waals surface area contributed by atoms with Crippen LogP contribution in [0.4, 0.5) is 17.6 Å². The number of alkyl halides is 2. The normalized spacial score (nSPS) is 17.9. The van der Waals surface area contributed by atoms with Crippen molar-refractivity contribution in [3.8, 4) is 0 Å². The molecule has 2 heterocycles. The number of amides is 2. The van der Waals surface area contributed by atoms with Crippen LogP contribution in [-0.4, -0.2) is 70.5 Å². The largest absolute Gasteiger partial charge is 0.383 e. The standard InChI is InChI=1S/C18H19F4N5O3/c1-30-5-4-23-16(28)15-9-26(25-24-15)8-12-7-18(21,22)10-27(12)17(29)11-2-3-13(19)14(20)6-11/h2-3,6,9,12H,4-5,7-8,10H2,1H3,(H,23,28). The van der Waals surface area contributed by atoms with Crippen LogP contribution >= 0.6 is 0 Å². The predicted octanol–water partition coefficient (Wildman–Crippen LogP) is 1.48. The van der Waals surface area contributed by atoms with Crippen molar-refractivity contribution < 1.29 is 31.9 Å². The summed E-state index contributed by atoms with van der Waals surface area (Å²) in [6.07, 6.45) is 0.635. The molecule has 1 unspecified atom stereocenters. The van der Waals surface area contributed by atoms with E-state index in [0.29, 0.717) is 12.7 Å². The molecule has 1 aromatic heterocycles. The number of aromatic nitrogens is 3. The Kier molecular flexibility index (Phi) is 6.34. The molecule has 1 aliphatic heterocycles. The van der Waals surface area contributed by atoms with E-state index in [-0.39, 0.29) is 24.3 Å². The summed E-state index contributed by atoms with van der Waals surface area (Å²) in [4.78, 5) is 25.5. The van der Waals surface area contributed by atoms with Gasteiger partial charge in [-0.05, 0) is 18.2 Å². The van der Waals surface area contributed by atoms with Gasteiger partial charge in [0.15, 0.2) is 17.3 Å². The summed E-state index contributed by atoms with van der Waals surface area (Å²) in [5, 5.41) is 10.00. The van der Waals surface area contributed by atoms with Gasteiger partial charge in [0.25, 0.3) is 17.7 Å². The number of halogens is 4. The Balaban J connectivity index is 1.73. The van der Waals surface area contributed by atoms with Crippen LogP contribution in [-0.2, 0) is 11.3 Å². The Hall–Kier alpha value is -3.02. The van der Waals surface area contributed by atoms with E-state index in [1.54, 1.807) is 0 Å². The summed E-state index contributed by atoms with van der Waals surface area (Å²) in [5.74, 6) is -6.91. The molecule has 0 radical (unpaired) electrons. The molecule has 0 saturated carbocycles. The Labute approximate surface area is 168 Å². The molecular weight excluding hydrogens is 410 g/mol. The van der Waals surface area contributed by atoms with Crippen molar-refractivity contribution in [2.24, 2.45) is 0 Å². The van der Waals surface area contributed by atoms with Crippen molar-refractivity contribution >= 4 is 11.8 Å². The SMILES string of the molecule is COCCNC(=O)c1cn(CC2CC(F)(F)CN2C(=O)c2ccc(F)c(F)c2)nn1. The first-order chi connectivity index (χ1) is 14.2. The van der Waals surface area contributed by atoms with Gasteiger partial charge in [-0.25, -0.2) is 22.2 Å². The zero-order valence-electron chi connectivity index (χ0n) is 15.9. The highest BCUT2D eigenvalue weighted by Crippen LogP contribution is 2.34. The Morgan fingerprint density at radius 2 is 2.07 bits per heavy atom. The van der Waals surface area contributed by atoms with Crippen LogP contribution in [0.15, 0.2) is 24.4 Å². The number of ether oxygens (including phenoxy) is 1. The van der Waals surface area contributed by atoms with Crippen LogP contribution < -0.4 is 5.32 Å². The number of likely N-dealkylation sites (tertiary alicyclic amines) is 1. The van der Waals surface area contributed by atoms with E-state index in [4.69, 9.17) is 4.74 Å². The van der Waals surface area contributed by atoms with Crippen LogP contribution in [0.1, 0.15) is 27.3 Å². The number of carbonyl (C=O) groups excluding carboxylic acids is 2. The number of rotatable bonds is 7. The number of hydrogen-bond donors (Lipinski definition) is 1. The van der Waals surface area contributed by atoms with Gasteiger partial charge in [0.2, 0.25) is 0 Å². The molecule has 0 bridgehead atoms. The van der Waals surface area contributed by atoms with Gasteiger partial charge in [-0.15, -0.1) is 5.10 Å². The third-order valence-corrected chi connectivity index (χ3v) is 4.56. The molecule has 1 atom stereocenters. The van der Waals surface area contributed by atoms with Gasteiger partial charge in [-0.2, -0.15) is 0 Å². The second-order valence-electron chi connectivity index (χ2n) is 6.85. The summed E-state index contributed by atoms with van der Waals surface area (Å²) >= 11 is 0. The molecular formula is C18H19F4N5O3. The van der Waals surface area contributed by atoms with Gasteiger partial charge in [0.1, 0.15) is 0 Å². The summed E-state index contributed by atoms with van der Waals surface area (Å²) in [6, 6.07) is 1.49. The molecule has 2 amide bonds. The van der Waals surface area contributed by atoms with Crippen molar-refractivity contribution in [3.05, 3.63) is 47.3 Å². The number of nitrogens with zero attached hydrogens (tertiary/aromatic N) is 4. The van der Waals surface area contributed by atoms with E-state index in [9.17, 15) is 27.2 Å². The fourth-order valence-electron chi connectivity index (χ4n) is 3.16. The van der Waals surface area contributed by atoms with Crippen LogP contribution in [0.3, 0.4) is 0 Å². The minimum atomic E-state index is -3.15. The summed E-state index contributed by atoms with van der Waals surface area (Å²) in [6.45, 7) is -0.455. The molecule has 1 aliphatic rings. The molecule has 3 rings (SSSR count). The molecule has 2 aromatic rings. The third-order valence-electron chi connectivity index (χ3n) is 4.56. The smallest absolute Gasteiger partial charge is 0.273 e. The number of nitrogens with one attached hydrogen (secondary N) is 1. The lowest BCUT2D eigenvalue weighted by Gasteiger charge is -2.23. The monoisotopic (exact) mass is 429 g/mol. The van der Waals surface area contributed by atoms with Crippen LogP contribution in [0, 0.1) is 11.6 Å². The highest BCUT2D eigenvalue weighted by molar-refractivity contribution is 5.94. The zero-order chi connectivity index (χ0) is 21.9. The highest BCUT2D eigenvalue weighted by atomic mass is 19.3. The molecule has 8 nitrogen and oxygen atoms in total. The lowest BCUT2D eigenvalue weighted by atomic mass is 10.1. The van der Waals surface area contributed by atoms with Gasteiger partial charge in [0, 0.05) is 25.6 Å². The molecule has 30 heavy (non-hydrogen) atoms. The second-order valence-corrected chi connectivity index (χ2v) is 6.85. The maximum absolute atomic E-state index is 14.0. The van der Waals surface area contributed by atoms with Crippen molar-refractivity contribution in [1.29, 1.82) is 0 Å². The summed E-state index contributed by atoms with van der Waals surface area (Å²) < 4.78 is 60.6. The molecule has 0 aliphatic carbocycles. The Morgan fingerprint density at radius 1 is 1.30 bits per heavy atom. The first kappa shape index (κ1) is 21.7. The lowest BCUT2D eigenvalue weighted by molar-refractivity contribution is 0.0117. The molecule has 162 valence electrons. The molecule has 1 fully saturated rings.